The maximum Gasteiger partial charge on any atom is 0.350 e. The van der Waals surface area contributed by atoms with E-state index in [1.165, 1.54) is 19.2 Å². The van der Waals surface area contributed by atoms with Gasteiger partial charge in [0, 0.05) is 16.7 Å². The van der Waals surface area contributed by atoms with Crippen molar-refractivity contribution in [2.45, 2.75) is 18.4 Å². The number of fused-ring (bicyclic) bond motifs is 1. The number of carbonyl (C=O) groups excluding carboxylic acids is 2. The van der Waals surface area contributed by atoms with Crippen molar-refractivity contribution < 1.29 is 29.0 Å². The molecule has 0 aromatic heterocycles. The molecule has 7 heteroatoms. The molecular weight excluding hydrogens is 434 g/mol. The summed E-state index contributed by atoms with van der Waals surface area (Å²) in [6.07, 6.45) is 0. The molecule has 170 valence electrons. The number of methoxy groups -OCH3 is 1. The van der Waals surface area contributed by atoms with Crippen molar-refractivity contribution in [3.8, 4) is 23.3 Å². The summed E-state index contributed by atoms with van der Waals surface area (Å²) in [7, 11) is 1.49. The Balaban J connectivity index is 1.82. The number of aryl methyl sites for hydroxylation is 1. The number of carboxylic acids is 1. The summed E-state index contributed by atoms with van der Waals surface area (Å²) in [6, 6.07) is 20.0. The Kier molecular flexibility index (Phi) is 6.07. The maximum absolute atomic E-state index is 13.1. The van der Waals surface area contributed by atoms with E-state index in [1.807, 2.05) is 19.1 Å². The molecule has 3 aromatic rings. The normalized spacial score (nSPS) is 18.5. The second-order valence-corrected chi connectivity index (χ2v) is 7.79. The molecule has 0 bridgehead atoms. The summed E-state index contributed by atoms with van der Waals surface area (Å²) in [5.41, 5.74) is -0.229. The van der Waals surface area contributed by atoms with Crippen LogP contribution in [0.5, 0.6) is 11.5 Å². The molecule has 0 fully saturated rings. The molecule has 0 unspecified atom stereocenters. The SMILES string of the molecule is COc1ccc(C(=O)N[C@@]2(C(=O)O)C(=O)Oc3ccccc3[C@@H]2C#Cc2ccc(C)cc2)cc1. The monoisotopic (exact) mass is 455 g/mol. The first-order chi connectivity index (χ1) is 16.3. The van der Waals surface area contributed by atoms with Crippen LogP contribution in [-0.4, -0.2) is 35.6 Å². The van der Waals surface area contributed by atoms with Gasteiger partial charge in [0.25, 0.3) is 11.4 Å². The van der Waals surface area contributed by atoms with Gasteiger partial charge in [-0.2, -0.15) is 0 Å². The zero-order valence-corrected chi connectivity index (χ0v) is 18.5. The first kappa shape index (κ1) is 22.6. The highest BCUT2D eigenvalue weighted by Gasteiger charge is 2.59. The molecule has 4 rings (SSSR count). The molecule has 7 nitrogen and oxygen atoms in total. The summed E-state index contributed by atoms with van der Waals surface area (Å²) in [5.74, 6) is 1.95. The predicted octanol–water partition coefficient (Wildman–Crippen LogP) is 3.31. The van der Waals surface area contributed by atoms with Crippen molar-refractivity contribution >= 4 is 17.8 Å². The number of esters is 1. The van der Waals surface area contributed by atoms with E-state index in [1.54, 1.807) is 48.5 Å². The van der Waals surface area contributed by atoms with Crippen molar-refractivity contribution in [2.75, 3.05) is 7.11 Å². The fraction of sp³-hybridized carbons (Fsp3) is 0.148. The highest BCUT2D eigenvalue weighted by atomic mass is 16.5. The highest BCUT2D eigenvalue weighted by Crippen LogP contribution is 2.40. The van der Waals surface area contributed by atoms with Gasteiger partial charge >= 0.3 is 11.9 Å². The smallest absolute Gasteiger partial charge is 0.350 e. The molecule has 3 aromatic carbocycles. The van der Waals surface area contributed by atoms with E-state index >= 15 is 0 Å². The Labute approximate surface area is 196 Å². The van der Waals surface area contributed by atoms with E-state index in [4.69, 9.17) is 9.47 Å². The van der Waals surface area contributed by atoms with Crippen LogP contribution in [-0.2, 0) is 9.59 Å². The van der Waals surface area contributed by atoms with Gasteiger partial charge in [-0.05, 0) is 49.4 Å². The van der Waals surface area contributed by atoms with Gasteiger partial charge in [-0.3, -0.25) is 4.79 Å². The van der Waals surface area contributed by atoms with E-state index in [0.29, 0.717) is 16.9 Å². The Morgan fingerprint density at radius 2 is 1.71 bits per heavy atom. The first-order valence-corrected chi connectivity index (χ1v) is 10.4. The third kappa shape index (κ3) is 4.09. The molecule has 0 radical (unpaired) electrons. The van der Waals surface area contributed by atoms with E-state index < -0.39 is 29.3 Å². The van der Waals surface area contributed by atoms with Gasteiger partial charge < -0.3 is 19.9 Å². The lowest BCUT2D eigenvalue weighted by Crippen LogP contribution is -2.66. The van der Waals surface area contributed by atoms with Crippen molar-refractivity contribution in [3.05, 3.63) is 95.1 Å². The molecule has 1 amide bonds. The summed E-state index contributed by atoms with van der Waals surface area (Å²) in [6.45, 7) is 1.94. The minimum atomic E-state index is -2.46. The van der Waals surface area contributed by atoms with E-state index in [9.17, 15) is 19.5 Å². The van der Waals surface area contributed by atoms with Gasteiger partial charge in [0.15, 0.2) is 0 Å². The lowest BCUT2D eigenvalue weighted by molar-refractivity contribution is -0.158. The number of rotatable bonds is 4. The number of para-hydroxylation sites is 1. The van der Waals surface area contributed by atoms with Crippen molar-refractivity contribution in [2.24, 2.45) is 0 Å². The van der Waals surface area contributed by atoms with E-state index in [0.717, 1.165) is 5.56 Å². The van der Waals surface area contributed by atoms with Crippen LogP contribution in [0.1, 0.15) is 33.0 Å². The van der Waals surface area contributed by atoms with Gasteiger partial charge in [0.2, 0.25) is 0 Å². The molecule has 0 spiro atoms. The fourth-order valence-corrected chi connectivity index (χ4v) is 3.70. The quantitative estimate of drug-likeness (QED) is 0.271. The zero-order valence-electron chi connectivity index (χ0n) is 18.5. The number of hydrogen-bond acceptors (Lipinski definition) is 5. The van der Waals surface area contributed by atoms with Gasteiger partial charge in [-0.25, -0.2) is 9.59 Å². The molecule has 1 aliphatic heterocycles. The lowest BCUT2D eigenvalue weighted by Gasteiger charge is -2.37. The van der Waals surface area contributed by atoms with Gasteiger partial charge in [0.05, 0.1) is 13.0 Å². The maximum atomic E-state index is 13.1. The largest absolute Gasteiger partial charge is 0.497 e. The molecule has 0 aliphatic carbocycles. The van der Waals surface area contributed by atoms with Crippen LogP contribution in [0.2, 0.25) is 0 Å². The predicted molar refractivity (Wildman–Crippen MR) is 124 cm³/mol. The average molecular weight is 455 g/mol. The summed E-state index contributed by atoms with van der Waals surface area (Å²) < 4.78 is 10.5. The van der Waals surface area contributed by atoms with Crippen molar-refractivity contribution in [3.63, 3.8) is 0 Å². The number of hydrogen-bond donors (Lipinski definition) is 2. The summed E-state index contributed by atoms with van der Waals surface area (Å²) in [5, 5.41) is 12.7. The van der Waals surface area contributed by atoms with E-state index in [-0.39, 0.29) is 11.3 Å². The number of ether oxygens (including phenoxy) is 2. The minimum Gasteiger partial charge on any atom is -0.497 e. The molecule has 2 N–H and O–H groups in total. The Bertz CT molecular complexity index is 1320. The second-order valence-electron chi connectivity index (χ2n) is 7.79. The van der Waals surface area contributed by atoms with Crippen molar-refractivity contribution in [1.29, 1.82) is 0 Å². The molecule has 1 heterocycles. The molecule has 34 heavy (non-hydrogen) atoms. The van der Waals surface area contributed by atoms with Crippen LogP contribution in [0, 0.1) is 18.8 Å². The Morgan fingerprint density at radius 3 is 2.35 bits per heavy atom. The van der Waals surface area contributed by atoms with Gasteiger partial charge in [-0.1, -0.05) is 47.7 Å². The van der Waals surface area contributed by atoms with Crippen LogP contribution in [0.15, 0.2) is 72.8 Å². The van der Waals surface area contributed by atoms with Gasteiger partial charge in [0.1, 0.15) is 11.5 Å². The minimum absolute atomic E-state index is 0.151. The Morgan fingerprint density at radius 1 is 1.03 bits per heavy atom. The number of nitrogens with one attached hydrogen (secondary N) is 1. The fourth-order valence-electron chi connectivity index (χ4n) is 3.70. The molecule has 2 atom stereocenters. The molecule has 0 saturated heterocycles. The number of carbonyl (C=O) groups is 3. The number of carboxylic acid groups (broad SMARTS) is 1. The van der Waals surface area contributed by atoms with Crippen LogP contribution in [0.25, 0.3) is 0 Å². The van der Waals surface area contributed by atoms with Crippen LogP contribution >= 0.6 is 0 Å². The molecule has 0 saturated carbocycles. The Hall–Kier alpha value is -4.57. The second kappa shape index (κ2) is 9.12. The number of amides is 1. The number of aliphatic carboxylic acids is 1. The highest BCUT2D eigenvalue weighted by molar-refractivity contribution is 6.12. The van der Waals surface area contributed by atoms with E-state index in [2.05, 4.69) is 17.2 Å². The summed E-state index contributed by atoms with van der Waals surface area (Å²) in [4.78, 5) is 38.8. The molecular formula is C27H21NO6. The van der Waals surface area contributed by atoms with Crippen LogP contribution < -0.4 is 14.8 Å². The van der Waals surface area contributed by atoms with Gasteiger partial charge in [-0.15, -0.1) is 0 Å². The average Bonchev–Trinajstić information content (AvgIpc) is 2.84. The molecule has 1 aliphatic rings. The standard InChI is InChI=1S/C27H21NO6/c1-17-7-9-18(10-8-17)11-16-22-21-5-3-4-6-23(21)34-26(32)27(22,25(30)31)28-24(29)19-12-14-20(33-2)15-13-19/h3-10,12-15,22H,1-2H3,(H,28,29)(H,30,31)/t22-,27-/m0/s1. The third-order valence-corrected chi connectivity index (χ3v) is 5.60. The first-order valence-electron chi connectivity index (χ1n) is 10.4. The topological polar surface area (TPSA) is 102 Å². The zero-order chi connectivity index (χ0) is 24.3. The van der Waals surface area contributed by atoms with Crippen LogP contribution in [0.4, 0.5) is 0 Å². The number of benzene rings is 3. The summed E-state index contributed by atoms with van der Waals surface area (Å²) >= 11 is 0. The lowest BCUT2D eigenvalue weighted by atomic mass is 9.76. The van der Waals surface area contributed by atoms with Crippen molar-refractivity contribution in [1.82, 2.24) is 5.32 Å². The van der Waals surface area contributed by atoms with Crippen LogP contribution in [0.3, 0.4) is 0 Å². The third-order valence-electron chi connectivity index (χ3n) is 5.60.